The molecule has 26 heavy (non-hydrogen) atoms. The van der Waals surface area contributed by atoms with Crippen LogP contribution in [0.15, 0.2) is 36.4 Å². The zero-order chi connectivity index (χ0) is 17.9. The Balaban J connectivity index is 1.31. The smallest absolute Gasteiger partial charge is 0.251 e. The van der Waals surface area contributed by atoms with Crippen LogP contribution in [0, 0.1) is 5.82 Å². The number of benzene rings is 1. The van der Waals surface area contributed by atoms with E-state index in [0.717, 1.165) is 56.0 Å². The average Bonchev–Trinajstić information content (AvgIpc) is 3.34. The van der Waals surface area contributed by atoms with E-state index in [-0.39, 0.29) is 17.8 Å². The summed E-state index contributed by atoms with van der Waals surface area (Å²) in [6.07, 6.45) is 1.63. The lowest BCUT2D eigenvalue weighted by atomic mass is 10.2. The van der Waals surface area contributed by atoms with Gasteiger partial charge in [0.25, 0.3) is 5.91 Å². The number of ether oxygens (including phenoxy) is 1. The minimum Gasteiger partial charge on any atom is -0.368 e. The average molecular weight is 374 g/mol. The van der Waals surface area contributed by atoms with E-state index in [1.807, 2.05) is 11.0 Å². The molecule has 2 aliphatic rings. The standard InChI is InChI=1S/C20H23FN2O2S/c21-16-4-1-3-15(13-16)19-7-6-17(26-19)14-22-8-10-23(11-9-22)20(24)18-5-2-12-25-18/h1,3-4,6-7,13,18H,2,5,8-12,14H2. The van der Waals surface area contributed by atoms with Crippen LogP contribution in [0.2, 0.25) is 0 Å². The molecule has 1 aromatic carbocycles. The molecule has 1 aromatic heterocycles. The van der Waals surface area contributed by atoms with E-state index >= 15 is 0 Å². The Hall–Kier alpha value is -1.76. The van der Waals surface area contributed by atoms with Crippen molar-refractivity contribution in [3.05, 3.63) is 47.1 Å². The van der Waals surface area contributed by atoms with Gasteiger partial charge in [-0.25, -0.2) is 4.39 Å². The van der Waals surface area contributed by atoms with E-state index < -0.39 is 0 Å². The summed E-state index contributed by atoms with van der Waals surface area (Å²) in [5.74, 6) is -0.0452. The van der Waals surface area contributed by atoms with Crippen LogP contribution in [0.1, 0.15) is 17.7 Å². The molecule has 0 radical (unpaired) electrons. The number of amides is 1. The van der Waals surface area contributed by atoms with Crippen molar-refractivity contribution in [1.82, 2.24) is 9.80 Å². The molecule has 138 valence electrons. The summed E-state index contributed by atoms with van der Waals surface area (Å²) in [6.45, 7) is 4.88. The van der Waals surface area contributed by atoms with Gasteiger partial charge in [0.15, 0.2) is 0 Å². The Morgan fingerprint density at radius 2 is 2.04 bits per heavy atom. The van der Waals surface area contributed by atoms with Gasteiger partial charge in [-0.1, -0.05) is 12.1 Å². The van der Waals surface area contributed by atoms with E-state index in [0.29, 0.717) is 6.61 Å². The molecule has 0 saturated carbocycles. The van der Waals surface area contributed by atoms with Crippen LogP contribution in [-0.4, -0.2) is 54.6 Å². The molecule has 4 rings (SSSR count). The van der Waals surface area contributed by atoms with Gasteiger partial charge >= 0.3 is 0 Å². The highest BCUT2D eigenvalue weighted by molar-refractivity contribution is 7.15. The quantitative estimate of drug-likeness (QED) is 0.823. The van der Waals surface area contributed by atoms with Crippen LogP contribution in [0.4, 0.5) is 4.39 Å². The number of hydrogen-bond acceptors (Lipinski definition) is 4. The number of halogens is 1. The summed E-state index contributed by atoms with van der Waals surface area (Å²) in [5, 5.41) is 0. The normalized spacial score (nSPS) is 21.3. The third-order valence-electron chi connectivity index (χ3n) is 5.04. The molecule has 2 aromatic rings. The highest BCUT2D eigenvalue weighted by Crippen LogP contribution is 2.29. The van der Waals surface area contributed by atoms with Gasteiger partial charge in [-0.15, -0.1) is 11.3 Å². The van der Waals surface area contributed by atoms with E-state index in [4.69, 9.17) is 4.74 Å². The number of thiophene rings is 1. The summed E-state index contributed by atoms with van der Waals surface area (Å²) in [6, 6.07) is 10.9. The van der Waals surface area contributed by atoms with Crippen molar-refractivity contribution in [1.29, 1.82) is 0 Å². The van der Waals surface area contributed by atoms with Gasteiger partial charge in [0, 0.05) is 49.1 Å². The molecular weight excluding hydrogens is 351 g/mol. The molecule has 0 spiro atoms. The van der Waals surface area contributed by atoms with Crippen LogP contribution in [0.5, 0.6) is 0 Å². The Morgan fingerprint density at radius 3 is 2.77 bits per heavy atom. The molecule has 3 heterocycles. The minimum absolute atomic E-state index is 0.159. The molecule has 0 N–H and O–H groups in total. The largest absolute Gasteiger partial charge is 0.368 e. The van der Waals surface area contributed by atoms with Crippen molar-refractivity contribution in [2.75, 3.05) is 32.8 Å². The predicted octanol–water partition coefficient (Wildman–Crippen LogP) is 3.38. The fourth-order valence-corrected chi connectivity index (χ4v) is 4.63. The topological polar surface area (TPSA) is 32.8 Å². The summed E-state index contributed by atoms with van der Waals surface area (Å²) in [7, 11) is 0. The molecule has 1 unspecified atom stereocenters. The first-order valence-electron chi connectivity index (χ1n) is 9.16. The Labute approximate surface area is 157 Å². The highest BCUT2D eigenvalue weighted by atomic mass is 32.1. The Morgan fingerprint density at radius 1 is 1.19 bits per heavy atom. The third kappa shape index (κ3) is 3.98. The maximum atomic E-state index is 13.4. The number of hydrogen-bond donors (Lipinski definition) is 0. The number of carbonyl (C=O) groups excluding carboxylic acids is 1. The number of nitrogens with zero attached hydrogens (tertiary/aromatic N) is 2. The fourth-order valence-electron chi connectivity index (χ4n) is 3.58. The van der Waals surface area contributed by atoms with E-state index in [1.165, 1.54) is 10.9 Å². The summed E-state index contributed by atoms with van der Waals surface area (Å²) in [4.78, 5) is 19.1. The fraction of sp³-hybridized carbons (Fsp3) is 0.450. The van der Waals surface area contributed by atoms with Crippen molar-refractivity contribution < 1.29 is 13.9 Å². The van der Waals surface area contributed by atoms with Gasteiger partial charge in [0.05, 0.1) is 0 Å². The minimum atomic E-state index is -0.215. The number of rotatable bonds is 4. The second-order valence-corrected chi connectivity index (χ2v) is 8.05. The van der Waals surface area contributed by atoms with Crippen LogP contribution >= 0.6 is 11.3 Å². The van der Waals surface area contributed by atoms with Crippen LogP contribution in [0.3, 0.4) is 0 Å². The van der Waals surface area contributed by atoms with Crippen molar-refractivity contribution >= 4 is 17.2 Å². The summed E-state index contributed by atoms with van der Waals surface area (Å²) < 4.78 is 18.9. The molecule has 2 aliphatic heterocycles. The molecule has 0 bridgehead atoms. The first kappa shape index (κ1) is 17.6. The lowest BCUT2D eigenvalue weighted by Crippen LogP contribution is -2.50. The molecule has 1 atom stereocenters. The zero-order valence-corrected chi connectivity index (χ0v) is 15.5. The van der Waals surface area contributed by atoms with Gasteiger partial charge in [-0.3, -0.25) is 9.69 Å². The van der Waals surface area contributed by atoms with Gasteiger partial charge in [0.1, 0.15) is 11.9 Å². The van der Waals surface area contributed by atoms with Crippen molar-refractivity contribution in [3.8, 4) is 10.4 Å². The van der Waals surface area contributed by atoms with Crippen LogP contribution < -0.4 is 0 Å². The molecular formula is C20H23FN2O2S. The molecule has 0 aliphatic carbocycles. The van der Waals surface area contributed by atoms with Crippen LogP contribution in [-0.2, 0) is 16.1 Å². The monoisotopic (exact) mass is 374 g/mol. The molecule has 4 nitrogen and oxygen atoms in total. The van der Waals surface area contributed by atoms with Crippen molar-refractivity contribution in [2.24, 2.45) is 0 Å². The zero-order valence-electron chi connectivity index (χ0n) is 14.7. The molecule has 1 amide bonds. The van der Waals surface area contributed by atoms with E-state index in [1.54, 1.807) is 23.5 Å². The first-order chi connectivity index (χ1) is 12.7. The number of carbonyl (C=O) groups is 1. The third-order valence-corrected chi connectivity index (χ3v) is 6.16. The van der Waals surface area contributed by atoms with Gasteiger partial charge < -0.3 is 9.64 Å². The first-order valence-corrected chi connectivity index (χ1v) is 9.98. The van der Waals surface area contributed by atoms with Gasteiger partial charge in [-0.05, 0) is 42.7 Å². The van der Waals surface area contributed by atoms with Gasteiger partial charge in [0.2, 0.25) is 0 Å². The van der Waals surface area contributed by atoms with Crippen molar-refractivity contribution in [2.45, 2.75) is 25.5 Å². The second-order valence-electron chi connectivity index (χ2n) is 6.88. The maximum Gasteiger partial charge on any atom is 0.251 e. The molecule has 2 saturated heterocycles. The molecule has 2 fully saturated rings. The van der Waals surface area contributed by atoms with E-state index in [2.05, 4.69) is 17.0 Å². The Bertz CT molecular complexity index is 765. The molecule has 6 heteroatoms. The highest BCUT2D eigenvalue weighted by Gasteiger charge is 2.30. The van der Waals surface area contributed by atoms with E-state index in [9.17, 15) is 9.18 Å². The van der Waals surface area contributed by atoms with Crippen LogP contribution in [0.25, 0.3) is 10.4 Å². The predicted molar refractivity (Wildman–Crippen MR) is 101 cm³/mol. The van der Waals surface area contributed by atoms with Crippen molar-refractivity contribution in [3.63, 3.8) is 0 Å². The second kappa shape index (κ2) is 7.86. The lowest BCUT2D eigenvalue weighted by Gasteiger charge is -2.35. The Kier molecular flexibility index (Phi) is 5.33. The summed E-state index contributed by atoms with van der Waals surface area (Å²) in [5.41, 5.74) is 0.924. The maximum absolute atomic E-state index is 13.4. The lowest BCUT2D eigenvalue weighted by molar-refractivity contribution is -0.142. The SMILES string of the molecule is O=C(C1CCCO1)N1CCN(Cc2ccc(-c3cccc(F)c3)s2)CC1. The van der Waals surface area contributed by atoms with Gasteiger partial charge in [-0.2, -0.15) is 0 Å². The summed E-state index contributed by atoms with van der Waals surface area (Å²) >= 11 is 1.71. The number of piperazine rings is 1.